The summed E-state index contributed by atoms with van der Waals surface area (Å²) in [6, 6.07) is 8.44. The zero-order chi connectivity index (χ0) is 15.0. The van der Waals surface area contributed by atoms with Crippen LogP contribution in [0.5, 0.6) is 5.75 Å². The van der Waals surface area contributed by atoms with Crippen molar-refractivity contribution >= 4 is 16.7 Å². The van der Waals surface area contributed by atoms with Crippen LogP contribution in [0.2, 0.25) is 0 Å². The molecule has 21 heavy (non-hydrogen) atoms. The van der Waals surface area contributed by atoms with Gasteiger partial charge < -0.3 is 10.5 Å². The van der Waals surface area contributed by atoms with Crippen molar-refractivity contribution in [3.8, 4) is 17.1 Å². The third kappa shape index (κ3) is 2.35. The van der Waals surface area contributed by atoms with Crippen molar-refractivity contribution in [1.82, 2.24) is 9.97 Å². The molecule has 3 rings (SSSR count). The van der Waals surface area contributed by atoms with Crippen molar-refractivity contribution in [3.63, 3.8) is 0 Å². The smallest absolute Gasteiger partial charge is 0.165 e. The van der Waals surface area contributed by atoms with E-state index in [4.69, 9.17) is 10.5 Å². The summed E-state index contributed by atoms with van der Waals surface area (Å²) >= 11 is 0. The van der Waals surface area contributed by atoms with E-state index in [1.54, 1.807) is 6.07 Å². The molecule has 2 aromatic carbocycles. The largest absolute Gasteiger partial charge is 0.494 e. The monoisotopic (exact) mass is 287 g/mol. The number of nitrogens with two attached hydrogens (primary N) is 1. The van der Waals surface area contributed by atoms with Crippen molar-refractivity contribution in [2.24, 2.45) is 0 Å². The van der Waals surface area contributed by atoms with Crippen LogP contribution in [0.4, 0.5) is 14.6 Å². The second-order valence-electron chi connectivity index (χ2n) is 4.44. The maximum Gasteiger partial charge on any atom is 0.165 e. The Hall–Kier alpha value is -2.76. The van der Waals surface area contributed by atoms with E-state index in [-0.39, 0.29) is 17.4 Å². The summed E-state index contributed by atoms with van der Waals surface area (Å²) in [5.41, 5.74) is 6.78. The standard InChI is InChI=1S/C15H11F2N3O/c1-21-13-5-2-8(6-11(13)17)15-19-12-4-3-9(16)7-10(12)14(18)20-15/h2-7H,1H3,(H2,18,19,20). The number of ether oxygens (including phenoxy) is 1. The van der Waals surface area contributed by atoms with E-state index in [1.807, 2.05) is 0 Å². The van der Waals surface area contributed by atoms with Gasteiger partial charge in [0.1, 0.15) is 11.6 Å². The third-order valence-electron chi connectivity index (χ3n) is 3.10. The minimum absolute atomic E-state index is 0.134. The fraction of sp³-hybridized carbons (Fsp3) is 0.0667. The highest BCUT2D eigenvalue weighted by Gasteiger charge is 2.11. The number of hydrogen-bond acceptors (Lipinski definition) is 4. The summed E-state index contributed by atoms with van der Waals surface area (Å²) in [6.45, 7) is 0. The molecule has 0 bridgehead atoms. The van der Waals surface area contributed by atoms with Crippen LogP contribution in [0.15, 0.2) is 36.4 Å². The summed E-state index contributed by atoms with van der Waals surface area (Å²) in [4.78, 5) is 8.38. The van der Waals surface area contributed by atoms with Crippen LogP contribution in [0, 0.1) is 11.6 Å². The minimum Gasteiger partial charge on any atom is -0.494 e. The number of methoxy groups -OCH3 is 1. The summed E-state index contributed by atoms with van der Waals surface area (Å²) in [7, 11) is 1.39. The predicted octanol–water partition coefficient (Wildman–Crippen LogP) is 3.17. The second kappa shape index (κ2) is 4.97. The van der Waals surface area contributed by atoms with Crippen LogP contribution in [-0.2, 0) is 0 Å². The van der Waals surface area contributed by atoms with Gasteiger partial charge in [0, 0.05) is 10.9 Å². The normalized spacial score (nSPS) is 10.8. The number of rotatable bonds is 2. The molecule has 2 N–H and O–H groups in total. The Morgan fingerprint density at radius 2 is 1.86 bits per heavy atom. The van der Waals surface area contributed by atoms with Crippen LogP contribution in [-0.4, -0.2) is 17.1 Å². The average molecular weight is 287 g/mol. The molecule has 0 amide bonds. The Kier molecular flexibility index (Phi) is 3.13. The van der Waals surface area contributed by atoms with Gasteiger partial charge in [-0.15, -0.1) is 0 Å². The second-order valence-corrected chi connectivity index (χ2v) is 4.44. The van der Waals surface area contributed by atoms with Crippen molar-refractivity contribution in [2.75, 3.05) is 12.8 Å². The van der Waals surface area contributed by atoms with E-state index in [2.05, 4.69) is 9.97 Å². The van der Waals surface area contributed by atoms with Crippen LogP contribution >= 0.6 is 0 Å². The number of nitrogens with zero attached hydrogens (tertiary/aromatic N) is 2. The lowest BCUT2D eigenvalue weighted by molar-refractivity contribution is 0.386. The van der Waals surface area contributed by atoms with E-state index in [0.29, 0.717) is 16.5 Å². The van der Waals surface area contributed by atoms with Crippen LogP contribution in [0.25, 0.3) is 22.3 Å². The maximum absolute atomic E-state index is 13.7. The number of hydrogen-bond donors (Lipinski definition) is 1. The fourth-order valence-corrected chi connectivity index (χ4v) is 2.06. The summed E-state index contributed by atoms with van der Waals surface area (Å²) in [5.74, 6) is -0.383. The molecule has 1 aromatic heterocycles. The number of anilines is 1. The van der Waals surface area contributed by atoms with Gasteiger partial charge >= 0.3 is 0 Å². The summed E-state index contributed by atoms with van der Waals surface area (Å²) in [6.07, 6.45) is 0. The van der Waals surface area contributed by atoms with Gasteiger partial charge in [-0.1, -0.05) is 0 Å². The molecule has 0 spiro atoms. The Morgan fingerprint density at radius 1 is 1.05 bits per heavy atom. The van der Waals surface area contributed by atoms with Gasteiger partial charge in [0.25, 0.3) is 0 Å². The molecule has 0 radical (unpaired) electrons. The lowest BCUT2D eigenvalue weighted by Crippen LogP contribution is -1.99. The maximum atomic E-state index is 13.7. The first kappa shape index (κ1) is 13.2. The number of nitrogen functional groups attached to an aromatic ring is 1. The molecule has 0 saturated heterocycles. The molecule has 106 valence electrons. The fourth-order valence-electron chi connectivity index (χ4n) is 2.06. The van der Waals surface area contributed by atoms with Crippen LogP contribution in [0.3, 0.4) is 0 Å². The molecule has 0 aliphatic heterocycles. The van der Waals surface area contributed by atoms with E-state index in [0.717, 1.165) is 0 Å². The molecule has 0 fully saturated rings. The first-order valence-electron chi connectivity index (χ1n) is 6.15. The number of fused-ring (bicyclic) bond motifs is 1. The molecule has 4 nitrogen and oxygen atoms in total. The SMILES string of the molecule is COc1ccc(-c2nc(N)c3cc(F)ccc3n2)cc1F. The van der Waals surface area contributed by atoms with Crippen molar-refractivity contribution in [2.45, 2.75) is 0 Å². The zero-order valence-electron chi connectivity index (χ0n) is 11.1. The van der Waals surface area contributed by atoms with Crippen molar-refractivity contribution in [3.05, 3.63) is 48.0 Å². The van der Waals surface area contributed by atoms with Crippen molar-refractivity contribution < 1.29 is 13.5 Å². The highest BCUT2D eigenvalue weighted by atomic mass is 19.1. The van der Waals surface area contributed by atoms with Crippen LogP contribution in [0.1, 0.15) is 0 Å². The first-order valence-corrected chi connectivity index (χ1v) is 6.15. The average Bonchev–Trinajstić information content (AvgIpc) is 2.47. The minimum atomic E-state index is -0.517. The van der Waals surface area contributed by atoms with Crippen molar-refractivity contribution in [1.29, 1.82) is 0 Å². The number of benzene rings is 2. The van der Waals surface area contributed by atoms with Gasteiger partial charge in [0.2, 0.25) is 0 Å². The van der Waals surface area contributed by atoms with Gasteiger partial charge in [-0.25, -0.2) is 18.7 Å². The molecule has 1 heterocycles. The summed E-state index contributed by atoms with van der Waals surface area (Å²) in [5, 5.41) is 0.424. The molecule has 3 aromatic rings. The van der Waals surface area contributed by atoms with E-state index in [1.165, 1.54) is 37.4 Å². The van der Waals surface area contributed by atoms with E-state index in [9.17, 15) is 8.78 Å². The molecule has 0 saturated carbocycles. The topological polar surface area (TPSA) is 61.0 Å². The molecule has 0 aliphatic rings. The Morgan fingerprint density at radius 3 is 2.57 bits per heavy atom. The Labute approximate surface area is 119 Å². The van der Waals surface area contributed by atoms with Crippen LogP contribution < -0.4 is 10.5 Å². The lowest BCUT2D eigenvalue weighted by Gasteiger charge is -2.07. The van der Waals surface area contributed by atoms with E-state index < -0.39 is 11.6 Å². The first-order chi connectivity index (χ1) is 10.1. The Bertz CT molecular complexity index is 837. The molecular formula is C15H11F2N3O. The van der Waals surface area contributed by atoms with Gasteiger partial charge in [0.05, 0.1) is 12.6 Å². The highest BCUT2D eigenvalue weighted by Crippen LogP contribution is 2.26. The third-order valence-corrected chi connectivity index (χ3v) is 3.10. The predicted molar refractivity (Wildman–Crippen MR) is 75.9 cm³/mol. The summed E-state index contributed by atoms with van der Waals surface area (Å²) < 4.78 is 31.8. The molecule has 6 heteroatoms. The zero-order valence-corrected chi connectivity index (χ0v) is 11.1. The molecule has 0 unspecified atom stereocenters. The van der Waals surface area contributed by atoms with Gasteiger partial charge in [0.15, 0.2) is 17.4 Å². The molecule has 0 atom stereocenters. The molecule has 0 aliphatic carbocycles. The number of halogens is 2. The highest BCUT2D eigenvalue weighted by molar-refractivity contribution is 5.89. The lowest BCUT2D eigenvalue weighted by atomic mass is 10.1. The van der Waals surface area contributed by atoms with E-state index >= 15 is 0 Å². The quantitative estimate of drug-likeness (QED) is 0.786. The number of aromatic nitrogens is 2. The van der Waals surface area contributed by atoms with Gasteiger partial charge in [-0.05, 0) is 36.4 Å². The Balaban J connectivity index is 2.17. The van der Waals surface area contributed by atoms with Gasteiger partial charge in [-0.3, -0.25) is 0 Å². The molecular weight excluding hydrogens is 276 g/mol. The van der Waals surface area contributed by atoms with Gasteiger partial charge in [-0.2, -0.15) is 0 Å².